The quantitative estimate of drug-likeness (QED) is 0.785. The SMILES string of the molecule is O=C(CSc1ccncc1)NC1CCCNC1. The van der Waals surface area contributed by atoms with Crippen LogP contribution in [-0.2, 0) is 4.79 Å². The summed E-state index contributed by atoms with van der Waals surface area (Å²) in [6.45, 7) is 1.96. The van der Waals surface area contributed by atoms with Gasteiger partial charge in [0.25, 0.3) is 0 Å². The van der Waals surface area contributed by atoms with Crippen molar-refractivity contribution >= 4 is 17.7 Å². The van der Waals surface area contributed by atoms with E-state index in [1.165, 1.54) is 0 Å². The lowest BCUT2D eigenvalue weighted by molar-refractivity contribution is -0.119. The standard InChI is InChI=1S/C12H17N3OS/c16-12(15-10-2-1-5-14-8-10)9-17-11-3-6-13-7-4-11/h3-4,6-7,10,14H,1-2,5,8-9H2,(H,15,16). The van der Waals surface area contributed by atoms with Gasteiger partial charge in [0, 0.05) is 29.9 Å². The van der Waals surface area contributed by atoms with Crippen LogP contribution in [0.5, 0.6) is 0 Å². The molecule has 1 aliphatic rings. The van der Waals surface area contributed by atoms with E-state index in [0.29, 0.717) is 11.8 Å². The van der Waals surface area contributed by atoms with E-state index in [1.807, 2.05) is 12.1 Å². The second kappa shape index (κ2) is 6.61. The zero-order valence-corrected chi connectivity index (χ0v) is 10.5. The van der Waals surface area contributed by atoms with E-state index in [0.717, 1.165) is 30.8 Å². The van der Waals surface area contributed by atoms with Gasteiger partial charge in [0.15, 0.2) is 0 Å². The number of pyridine rings is 1. The zero-order chi connectivity index (χ0) is 11.9. The summed E-state index contributed by atoms with van der Waals surface area (Å²) >= 11 is 1.54. The van der Waals surface area contributed by atoms with Crippen LogP contribution in [0.15, 0.2) is 29.4 Å². The highest BCUT2D eigenvalue weighted by Crippen LogP contribution is 2.15. The predicted molar refractivity (Wildman–Crippen MR) is 69.0 cm³/mol. The molecule has 1 saturated heterocycles. The number of amides is 1. The molecule has 2 heterocycles. The Morgan fingerprint density at radius 3 is 3.06 bits per heavy atom. The Balaban J connectivity index is 1.70. The van der Waals surface area contributed by atoms with Crippen molar-refractivity contribution in [3.05, 3.63) is 24.5 Å². The summed E-state index contributed by atoms with van der Waals surface area (Å²) < 4.78 is 0. The maximum absolute atomic E-state index is 11.7. The van der Waals surface area contributed by atoms with Crippen LogP contribution in [0.25, 0.3) is 0 Å². The molecule has 0 aliphatic carbocycles. The maximum Gasteiger partial charge on any atom is 0.230 e. The summed E-state index contributed by atoms with van der Waals surface area (Å²) in [6.07, 6.45) is 5.71. The highest BCUT2D eigenvalue weighted by Gasteiger charge is 2.14. The number of hydrogen-bond donors (Lipinski definition) is 2. The fourth-order valence-electron chi connectivity index (χ4n) is 1.83. The molecule has 0 spiro atoms. The summed E-state index contributed by atoms with van der Waals surface area (Å²) in [5.41, 5.74) is 0. The minimum absolute atomic E-state index is 0.112. The Morgan fingerprint density at radius 1 is 1.53 bits per heavy atom. The van der Waals surface area contributed by atoms with Gasteiger partial charge in [-0.15, -0.1) is 11.8 Å². The second-order valence-corrected chi connectivity index (χ2v) is 5.13. The molecule has 5 heteroatoms. The normalized spacial score (nSPS) is 19.9. The van der Waals surface area contributed by atoms with Crippen molar-refractivity contribution in [2.45, 2.75) is 23.8 Å². The lowest BCUT2D eigenvalue weighted by Crippen LogP contribution is -2.46. The van der Waals surface area contributed by atoms with Gasteiger partial charge in [-0.2, -0.15) is 0 Å². The van der Waals surface area contributed by atoms with Crippen LogP contribution >= 0.6 is 11.8 Å². The number of thioether (sulfide) groups is 1. The Morgan fingerprint density at radius 2 is 2.35 bits per heavy atom. The van der Waals surface area contributed by atoms with Crippen LogP contribution in [0.1, 0.15) is 12.8 Å². The van der Waals surface area contributed by atoms with Crippen molar-refractivity contribution in [3.8, 4) is 0 Å². The smallest absolute Gasteiger partial charge is 0.230 e. The first kappa shape index (κ1) is 12.4. The molecule has 1 amide bonds. The molecule has 2 N–H and O–H groups in total. The Kier molecular flexibility index (Phi) is 4.82. The maximum atomic E-state index is 11.7. The van der Waals surface area contributed by atoms with Crippen molar-refractivity contribution in [1.82, 2.24) is 15.6 Å². The largest absolute Gasteiger partial charge is 0.351 e. The van der Waals surface area contributed by atoms with Crippen molar-refractivity contribution < 1.29 is 4.79 Å². The highest BCUT2D eigenvalue weighted by atomic mass is 32.2. The number of nitrogens with zero attached hydrogens (tertiary/aromatic N) is 1. The fourth-order valence-corrected chi connectivity index (χ4v) is 2.52. The van der Waals surface area contributed by atoms with E-state index in [9.17, 15) is 4.79 Å². The van der Waals surface area contributed by atoms with Crippen molar-refractivity contribution in [2.75, 3.05) is 18.8 Å². The summed E-state index contributed by atoms with van der Waals surface area (Å²) in [5, 5.41) is 6.34. The molecule has 0 saturated carbocycles. The van der Waals surface area contributed by atoms with Crippen LogP contribution < -0.4 is 10.6 Å². The second-order valence-electron chi connectivity index (χ2n) is 4.08. The van der Waals surface area contributed by atoms with Crippen LogP contribution in [0, 0.1) is 0 Å². The first-order chi connectivity index (χ1) is 8.34. The van der Waals surface area contributed by atoms with E-state index < -0.39 is 0 Å². The third kappa shape index (κ3) is 4.36. The molecule has 92 valence electrons. The molecule has 0 aromatic carbocycles. The first-order valence-electron chi connectivity index (χ1n) is 5.87. The number of carbonyl (C=O) groups is 1. The van der Waals surface area contributed by atoms with Crippen LogP contribution in [0.4, 0.5) is 0 Å². The van der Waals surface area contributed by atoms with Gasteiger partial charge in [0.2, 0.25) is 5.91 Å². The van der Waals surface area contributed by atoms with Gasteiger partial charge in [-0.05, 0) is 31.5 Å². The van der Waals surface area contributed by atoms with Crippen LogP contribution in [-0.4, -0.2) is 35.8 Å². The number of aromatic nitrogens is 1. The predicted octanol–water partition coefficient (Wildman–Crippen LogP) is 1.04. The zero-order valence-electron chi connectivity index (χ0n) is 9.69. The van der Waals surface area contributed by atoms with E-state index in [-0.39, 0.29) is 5.91 Å². The van der Waals surface area contributed by atoms with Gasteiger partial charge in [-0.3, -0.25) is 9.78 Å². The highest BCUT2D eigenvalue weighted by molar-refractivity contribution is 8.00. The molecule has 0 radical (unpaired) electrons. The minimum Gasteiger partial charge on any atom is -0.351 e. The summed E-state index contributed by atoms with van der Waals surface area (Å²) in [5.74, 6) is 0.584. The molecule has 17 heavy (non-hydrogen) atoms. The number of nitrogens with one attached hydrogen (secondary N) is 2. The number of hydrogen-bond acceptors (Lipinski definition) is 4. The lowest BCUT2D eigenvalue weighted by Gasteiger charge is -2.23. The lowest BCUT2D eigenvalue weighted by atomic mass is 10.1. The summed E-state index contributed by atoms with van der Waals surface area (Å²) in [6, 6.07) is 4.13. The molecular weight excluding hydrogens is 234 g/mol. The van der Waals surface area contributed by atoms with E-state index >= 15 is 0 Å². The molecular formula is C12H17N3OS. The minimum atomic E-state index is 0.112. The van der Waals surface area contributed by atoms with Crippen LogP contribution in [0.3, 0.4) is 0 Å². The molecule has 1 atom stereocenters. The number of carbonyl (C=O) groups excluding carboxylic acids is 1. The molecule has 1 unspecified atom stereocenters. The van der Waals surface area contributed by atoms with Gasteiger partial charge < -0.3 is 10.6 Å². The number of piperidine rings is 1. The molecule has 1 fully saturated rings. The fraction of sp³-hybridized carbons (Fsp3) is 0.500. The van der Waals surface area contributed by atoms with Crippen LogP contribution in [0.2, 0.25) is 0 Å². The number of rotatable bonds is 4. The first-order valence-corrected chi connectivity index (χ1v) is 6.86. The third-order valence-electron chi connectivity index (χ3n) is 2.68. The summed E-state index contributed by atoms with van der Waals surface area (Å²) in [4.78, 5) is 16.7. The monoisotopic (exact) mass is 251 g/mol. The topological polar surface area (TPSA) is 54.0 Å². The van der Waals surface area contributed by atoms with Crippen molar-refractivity contribution in [1.29, 1.82) is 0 Å². The van der Waals surface area contributed by atoms with Gasteiger partial charge in [-0.25, -0.2) is 0 Å². The Labute approximate surface area is 106 Å². The van der Waals surface area contributed by atoms with E-state index in [4.69, 9.17) is 0 Å². The molecule has 1 aromatic heterocycles. The third-order valence-corrected chi connectivity index (χ3v) is 3.69. The summed E-state index contributed by atoms with van der Waals surface area (Å²) in [7, 11) is 0. The van der Waals surface area contributed by atoms with Gasteiger partial charge in [0.1, 0.15) is 0 Å². The Hall–Kier alpha value is -1.07. The molecule has 2 rings (SSSR count). The van der Waals surface area contributed by atoms with Crippen molar-refractivity contribution in [3.63, 3.8) is 0 Å². The van der Waals surface area contributed by atoms with Crippen molar-refractivity contribution in [2.24, 2.45) is 0 Å². The Bertz CT molecular complexity index is 352. The van der Waals surface area contributed by atoms with Gasteiger partial charge in [0.05, 0.1) is 5.75 Å². The molecule has 4 nitrogen and oxygen atoms in total. The molecule has 1 aliphatic heterocycles. The molecule has 0 bridgehead atoms. The van der Waals surface area contributed by atoms with Gasteiger partial charge in [-0.1, -0.05) is 0 Å². The van der Waals surface area contributed by atoms with E-state index in [2.05, 4.69) is 15.6 Å². The average molecular weight is 251 g/mol. The average Bonchev–Trinajstić information content (AvgIpc) is 2.39. The van der Waals surface area contributed by atoms with Gasteiger partial charge >= 0.3 is 0 Å². The molecule has 1 aromatic rings. The van der Waals surface area contributed by atoms with E-state index in [1.54, 1.807) is 24.2 Å².